The predicted molar refractivity (Wildman–Crippen MR) is 142 cm³/mol. The molecule has 2 aromatic rings. The molecule has 8 nitrogen and oxygen atoms in total. The van der Waals surface area contributed by atoms with Gasteiger partial charge in [0.25, 0.3) is 5.91 Å². The van der Waals surface area contributed by atoms with Crippen LogP contribution in [-0.4, -0.2) is 57.5 Å². The van der Waals surface area contributed by atoms with Crippen LogP contribution < -0.4 is 10.2 Å². The number of β-amino-alcohol motifs (C(OH)–C–C–N with tert-alkyl or cyclic N) is 1. The number of alkyl halides is 2. The number of aromatic nitrogens is 1. The fraction of sp³-hybridized carbons (Fsp3) is 0.517. The SMILES string of the molecule is CC(C)(C)c1ccc(N(C(=O)[C@H]2C[C@@H](O)CN2C#N)C(C(=O)NC2CCC(F)(F)CC2)c2cncc(F)c2)cc1. The Morgan fingerprint density at radius 1 is 1.20 bits per heavy atom. The molecule has 40 heavy (non-hydrogen) atoms. The van der Waals surface area contributed by atoms with Crippen LogP contribution in [0.25, 0.3) is 0 Å². The molecule has 2 N–H and O–H groups in total. The fourth-order valence-corrected chi connectivity index (χ4v) is 5.30. The molecule has 1 unspecified atom stereocenters. The number of hydrogen-bond acceptors (Lipinski definition) is 6. The number of benzene rings is 1. The lowest BCUT2D eigenvalue weighted by Crippen LogP contribution is -2.52. The summed E-state index contributed by atoms with van der Waals surface area (Å²) in [5, 5.41) is 22.7. The van der Waals surface area contributed by atoms with Crippen molar-refractivity contribution in [2.75, 3.05) is 11.4 Å². The summed E-state index contributed by atoms with van der Waals surface area (Å²) in [4.78, 5) is 34.3. The number of nitrogens with one attached hydrogen (secondary N) is 1. The van der Waals surface area contributed by atoms with Crippen LogP contribution in [0.2, 0.25) is 0 Å². The smallest absolute Gasteiger partial charge is 0.251 e. The monoisotopic (exact) mass is 557 g/mol. The maximum atomic E-state index is 14.4. The molecule has 1 saturated heterocycles. The minimum absolute atomic E-state index is 0.0313. The number of hydrogen-bond donors (Lipinski definition) is 2. The number of aliphatic hydroxyl groups excluding tert-OH is 1. The van der Waals surface area contributed by atoms with Crippen molar-refractivity contribution < 1.29 is 27.9 Å². The van der Waals surface area contributed by atoms with Gasteiger partial charge in [-0.05, 0) is 42.0 Å². The molecule has 11 heteroatoms. The van der Waals surface area contributed by atoms with Crippen molar-refractivity contribution in [1.29, 1.82) is 5.26 Å². The van der Waals surface area contributed by atoms with E-state index in [9.17, 15) is 33.1 Å². The fourth-order valence-electron chi connectivity index (χ4n) is 5.30. The topological polar surface area (TPSA) is 110 Å². The first-order chi connectivity index (χ1) is 18.8. The minimum Gasteiger partial charge on any atom is -0.391 e. The van der Waals surface area contributed by atoms with Gasteiger partial charge in [-0.2, -0.15) is 5.26 Å². The number of likely N-dealkylation sites (tertiary alicyclic amines) is 1. The third kappa shape index (κ3) is 6.55. The molecule has 0 bridgehead atoms. The van der Waals surface area contributed by atoms with Gasteiger partial charge in [-0.1, -0.05) is 32.9 Å². The van der Waals surface area contributed by atoms with Crippen molar-refractivity contribution in [3.05, 3.63) is 59.7 Å². The van der Waals surface area contributed by atoms with E-state index in [4.69, 9.17) is 0 Å². The molecule has 1 aromatic carbocycles. The zero-order chi connectivity index (χ0) is 29.2. The summed E-state index contributed by atoms with van der Waals surface area (Å²) in [5.74, 6) is -4.84. The van der Waals surface area contributed by atoms with Crippen LogP contribution in [0.3, 0.4) is 0 Å². The molecule has 1 aliphatic carbocycles. The molecule has 1 aromatic heterocycles. The Balaban J connectivity index is 1.78. The van der Waals surface area contributed by atoms with Gasteiger partial charge in [0.05, 0.1) is 18.8 Å². The first-order valence-electron chi connectivity index (χ1n) is 13.4. The van der Waals surface area contributed by atoms with Gasteiger partial charge in [-0.3, -0.25) is 24.4 Å². The van der Waals surface area contributed by atoms with Crippen LogP contribution in [0.5, 0.6) is 0 Å². The molecule has 4 rings (SSSR count). The number of nitriles is 1. The van der Waals surface area contributed by atoms with Crippen LogP contribution in [0.15, 0.2) is 42.7 Å². The van der Waals surface area contributed by atoms with Crippen molar-refractivity contribution in [2.24, 2.45) is 0 Å². The van der Waals surface area contributed by atoms with E-state index in [1.54, 1.807) is 12.1 Å². The number of pyridine rings is 1. The number of carbonyl (C=O) groups is 2. The van der Waals surface area contributed by atoms with Crippen molar-refractivity contribution in [1.82, 2.24) is 15.2 Å². The van der Waals surface area contributed by atoms with Gasteiger partial charge in [-0.25, -0.2) is 13.2 Å². The zero-order valence-corrected chi connectivity index (χ0v) is 22.8. The number of carbonyl (C=O) groups excluding carboxylic acids is 2. The van der Waals surface area contributed by atoms with Gasteiger partial charge < -0.3 is 10.4 Å². The Morgan fingerprint density at radius 2 is 1.85 bits per heavy atom. The average molecular weight is 558 g/mol. The average Bonchev–Trinajstić information content (AvgIpc) is 3.28. The number of nitrogens with zero attached hydrogens (tertiary/aromatic N) is 4. The Kier molecular flexibility index (Phi) is 8.40. The van der Waals surface area contributed by atoms with Crippen molar-refractivity contribution >= 4 is 17.5 Å². The summed E-state index contributed by atoms with van der Waals surface area (Å²) in [6, 6.07) is 5.06. The van der Waals surface area contributed by atoms with Crippen LogP contribution in [0.1, 0.15) is 70.0 Å². The summed E-state index contributed by atoms with van der Waals surface area (Å²) in [7, 11) is 0. The highest BCUT2D eigenvalue weighted by atomic mass is 19.3. The first-order valence-corrected chi connectivity index (χ1v) is 13.4. The molecule has 214 valence electrons. The predicted octanol–water partition coefficient (Wildman–Crippen LogP) is 4.20. The van der Waals surface area contributed by atoms with E-state index >= 15 is 0 Å². The molecule has 1 saturated carbocycles. The molecular formula is C29H34F3N5O3. The Morgan fingerprint density at radius 3 is 2.42 bits per heavy atom. The molecule has 2 heterocycles. The molecule has 1 aliphatic heterocycles. The number of aliphatic hydroxyl groups is 1. The van der Waals surface area contributed by atoms with Crippen LogP contribution in [0.4, 0.5) is 18.9 Å². The highest BCUT2D eigenvalue weighted by molar-refractivity contribution is 6.04. The van der Waals surface area contributed by atoms with Crippen molar-refractivity contribution in [3.8, 4) is 6.19 Å². The number of amides is 2. The summed E-state index contributed by atoms with van der Waals surface area (Å²) in [6.45, 7) is 6.03. The Labute approximate surface area is 231 Å². The second-order valence-corrected chi connectivity index (χ2v) is 11.6. The second kappa shape index (κ2) is 11.5. The highest BCUT2D eigenvalue weighted by Gasteiger charge is 2.44. The lowest BCUT2D eigenvalue weighted by molar-refractivity contribution is -0.129. The Bertz CT molecular complexity index is 1260. The van der Waals surface area contributed by atoms with Gasteiger partial charge in [0, 0.05) is 42.8 Å². The van der Waals surface area contributed by atoms with Gasteiger partial charge in [0.2, 0.25) is 11.8 Å². The normalized spacial score (nSPS) is 21.9. The lowest BCUT2D eigenvalue weighted by Gasteiger charge is -2.36. The van der Waals surface area contributed by atoms with E-state index in [0.717, 1.165) is 22.7 Å². The molecule has 0 spiro atoms. The van der Waals surface area contributed by atoms with Crippen molar-refractivity contribution in [3.63, 3.8) is 0 Å². The molecule has 3 atom stereocenters. The summed E-state index contributed by atoms with van der Waals surface area (Å²) >= 11 is 0. The van der Waals surface area contributed by atoms with Gasteiger partial charge in [-0.15, -0.1) is 0 Å². The van der Waals surface area contributed by atoms with Crippen molar-refractivity contribution in [2.45, 2.75) is 88.4 Å². The number of halogens is 3. The quantitative estimate of drug-likeness (QED) is 0.516. The summed E-state index contributed by atoms with van der Waals surface area (Å²) < 4.78 is 41.9. The minimum atomic E-state index is -2.80. The molecule has 0 radical (unpaired) electrons. The summed E-state index contributed by atoms with van der Waals surface area (Å²) in [6.07, 6.45) is 2.57. The number of anilines is 1. The Hall–Kier alpha value is -3.65. The standard InChI is InChI=1S/C29H34F3N5O3/c1-28(2,3)19-4-6-22(7-5-19)37(27(40)24-13-23(38)16-36(24)17-33)25(18-12-20(30)15-34-14-18)26(39)35-21-8-10-29(31,32)11-9-21/h4-7,12,14-15,21,23-25,38H,8-11,13,16H2,1-3H3,(H,35,39)/t23-,24-,25?/m1/s1. The van der Waals surface area contributed by atoms with E-state index in [2.05, 4.69) is 10.3 Å². The van der Waals surface area contributed by atoms with Crippen LogP contribution in [0, 0.1) is 17.3 Å². The molecule has 2 amide bonds. The lowest BCUT2D eigenvalue weighted by atomic mass is 9.87. The largest absolute Gasteiger partial charge is 0.391 e. The highest BCUT2D eigenvalue weighted by Crippen LogP contribution is 2.36. The maximum Gasteiger partial charge on any atom is 0.251 e. The van der Waals surface area contributed by atoms with E-state index in [1.165, 1.54) is 11.1 Å². The maximum absolute atomic E-state index is 14.4. The van der Waals surface area contributed by atoms with Gasteiger partial charge in [0.1, 0.15) is 17.9 Å². The van der Waals surface area contributed by atoms with Crippen LogP contribution >= 0.6 is 0 Å². The molecule has 2 aliphatic rings. The summed E-state index contributed by atoms with van der Waals surface area (Å²) in [5.41, 5.74) is 1.16. The molecular weight excluding hydrogens is 523 g/mol. The first kappa shape index (κ1) is 29.3. The van der Waals surface area contributed by atoms with Gasteiger partial charge >= 0.3 is 0 Å². The van der Waals surface area contributed by atoms with E-state index in [0.29, 0.717) is 5.69 Å². The van der Waals surface area contributed by atoms with E-state index < -0.39 is 47.8 Å². The molecule has 2 fully saturated rings. The number of rotatable bonds is 6. The van der Waals surface area contributed by atoms with Gasteiger partial charge in [0.15, 0.2) is 6.19 Å². The third-order valence-electron chi connectivity index (χ3n) is 7.55. The zero-order valence-electron chi connectivity index (χ0n) is 22.8. The second-order valence-electron chi connectivity index (χ2n) is 11.6. The third-order valence-corrected chi connectivity index (χ3v) is 7.55. The van der Waals surface area contributed by atoms with Crippen LogP contribution in [-0.2, 0) is 15.0 Å². The van der Waals surface area contributed by atoms with E-state index in [1.807, 2.05) is 39.1 Å². The van der Waals surface area contributed by atoms with E-state index in [-0.39, 0.29) is 49.6 Å².